The molecule has 18 nitrogen and oxygen atoms in total. The highest BCUT2D eigenvalue weighted by Gasteiger charge is 2.25. The van der Waals surface area contributed by atoms with Crippen LogP contribution >= 0.6 is 12.0 Å². The van der Waals surface area contributed by atoms with Gasteiger partial charge in [0.2, 0.25) is 0 Å². The van der Waals surface area contributed by atoms with Crippen LogP contribution in [0.1, 0.15) is 6.92 Å². The van der Waals surface area contributed by atoms with Gasteiger partial charge in [0.25, 0.3) is 26.1 Å². The summed E-state index contributed by atoms with van der Waals surface area (Å²) in [5, 5.41) is 19.5. The normalized spacial score (nSPS) is 13.0. The van der Waals surface area contributed by atoms with Gasteiger partial charge in [0.15, 0.2) is 22.7 Å². The largest absolute Gasteiger partial charge is 0.324 e. The molecule has 0 spiro atoms. The van der Waals surface area contributed by atoms with E-state index in [0.717, 1.165) is 25.1 Å². The number of carbonyl (C=O) groups excluding carboxylic acids is 2. The molecule has 0 saturated heterocycles. The van der Waals surface area contributed by atoms with E-state index in [1.165, 1.54) is 18.2 Å². The maximum atomic E-state index is 13.8. The second-order valence-corrected chi connectivity index (χ2v) is 14.1. The van der Waals surface area contributed by atoms with Gasteiger partial charge >= 0.3 is 0 Å². The predicted octanol–water partition coefficient (Wildman–Crippen LogP) is 1.31. The fraction of sp³-hybridized carbons (Fsp3) is 0.0667. The Morgan fingerprint density at radius 1 is 0.863 bits per heavy atom. The van der Waals surface area contributed by atoms with Gasteiger partial charge in [-0.3, -0.25) is 33.7 Å². The van der Waals surface area contributed by atoms with Gasteiger partial charge in [0.05, 0.1) is 44.6 Å². The van der Waals surface area contributed by atoms with Crippen LogP contribution < -0.4 is 37.7 Å². The molecule has 7 N–H and O–H groups in total. The first-order valence-electron chi connectivity index (χ1n) is 14.0. The minimum atomic E-state index is -5.19. The molecule has 0 bridgehead atoms. The van der Waals surface area contributed by atoms with E-state index in [1.54, 1.807) is 30.3 Å². The number of Topliss-reactive ketones (excluding diaryl/α,β-unsaturated/α-hetero) is 1. The van der Waals surface area contributed by atoms with Crippen molar-refractivity contribution in [2.45, 2.75) is 27.7 Å². The molecule has 0 aromatic heterocycles. The van der Waals surface area contributed by atoms with Crippen LogP contribution in [0.2, 0.25) is 0 Å². The molecule has 1 atom stereocenters. The zero-order chi connectivity index (χ0) is 37.2. The van der Waals surface area contributed by atoms with Crippen molar-refractivity contribution in [3.8, 4) is 0 Å². The van der Waals surface area contributed by atoms with Gasteiger partial charge in [0.1, 0.15) is 9.79 Å². The number of nitrogens with zero attached hydrogens (tertiary/aromatic N) is 1. The van der Waals surface area contributed by atoms with E-state index in [2.05, 4.69) is 30.5 Å². The monoisotopic (exact) mass is 757 g/mol. The first-order valence-corrected chi connectivity index (χ1v) is 17.6. The van der Waals surface area contributed by atoms with Crippen molar-refractivity contribution in [2.75, 3.05) is 10.7 Å². The number of rotatable bonds is 12. The second kappa shape index (κ2) is 14.6. The Balaban J connectivity index is 1.68. The van der Waals surface area contributed by atoms with Gasteiger partial charge in [-0.05, 0) is 61.5 Å². The Labute approximate surface area is 289 Å². The second-order valence-electron chi connectivity index (χ2n) is 10.5. The van der Waals surface area contributed by atoms with E-state index in [-0.39, 0.29) is 27.0 Å². The standard InChI is InChI=1S/C30H23N5O13S3/c1-14(36)27(30(39)33-15-5-3-2-4-6-15)35-34-20-10-7-16(11-22(20)50(41,42)43)32-21-13-23(51(44,45)46)26(31)25-24(21)29(38)19-12-17(49-48-47-40)8-9-18(19)28(25)37/h2-13,27,31,34-35,40H,1H3,(H,33,39)(H,41,42,43)(H,44,45,46). The molecule has 3 aromatic rings. The number of carbonyl (C=O) groups is 2. The maximum absolute atomic E-state index is 13.8. The van der Waals surface area contributed by atoms with Crippen LogP contribution in [0.15, 0.2) is 102 Å². The number of nitrogens with one attached hydrogen (secondary N) is 4. The average Bonchev–Trinajstić information content (AvgIpc) is 3.06. The Bertz CT molecular complexity index is 2740. The Hall–Kier alpha value is -5.23. The van der Waals surface area contributed by atoms with Crippen molar-refractivity contribution in [1.82, 2.24) is 5.43 Å². The minimum Gasteiger partial charge on any atom is -0.324 e. The number of hydrazine groups is 1. The average molecular weight is 758 g/mol. The molecule has 0 fully saturated rings. The molecule has 21 heteroatoms. The van der Waals surface area contributed by atoms with Crippen molar-refractivity contribution >= 4 is 71.8 Å². The molecule has 264 valence electrons. The summed E-state index contributed by atoms with van der Waals surface area (Å²) in [6, 6.07) is 13.8. The number of hydrogen-bond donors (Lipinski definition) is 7. The Morgan fingerprint density at radius 3 is 2.16 bits per heavy atom. The van der Waals surface area contributed by atoms with E-state index in [9.17, 15) is 45.1 Å². The molecule has 3 aromatic carbocycles. The van der Waals surface area contributed by atoms with Gasteiger partial charge in [-0.2, -0.15) is 16.8 Å². The van der Waals surface area contributed by atoms with Crippen LogP contribution in [0, 0.1) is 15.8 Å². The maximum Gasteiger partial charge on any atom is 0.296 e. The lowest BCUT2D eigenvalue weighted by Crippen LogP contribution is -2.48. The van der Waals surface area contributed by atoms with Crippen LogP contribution in [0.5, 0.6) is 0 Å². The lowest BCUT2D eigenvalue weighted by Gasteiger charge is -2.18. The third-order valence-electron chi connectivity index (χ3n) is 7.20. The zero-order valence-electron chi connectivity index (χ0n) is 25.6. The number of para-hydroxylation sites is 1. The van der Waals surface area contributed by atoms with Gasteiger partial charge < -0.3 is 10.7 Å². The van der Waals surface area contributed by atoms with Crippen molar-refractivity contribution in [3.63, 3.8) is 0 Å². The van der Waals surface area contributed by atoms with Gasteiger partial charge in [0, 0.05) is 21.4 Å². The SMILES string of the molecule is CC(=O)C(NNc1ccc(N=c2cc(S(=O)(=O)O)c(=N)c3c(=O)c4ccc(SOOO)cc4c(=O)c2=3)cc1S(=O)(=O)O)C(=O)Nc1ccccc1. The van der Waals surface area contributed by atoms with Gasteiger partial charge in [-0.25, -0.2) is 15.7 Å². The summed E-state index contributed by atoms with van der Waals surface area (Å²) in [5.41, 5.74) is 2.54. The van der Waals surface area contributed by atoms with Crippen LogP contribution in [0.3, 0.4) is 0 Å². The van der Waals surface area contributed by atoms with Crippen molar-refractivity contribution in [3.05, 3.63) is 114 Å². The van der Waals surface area contributed by atoms with Crippen LogP contribution in [0.25, 0.3) is 10.8 Å². The van der Waals surface area contributed by atoms with Crippen LogP contribution in [0.4, 0.5) is 17.1 Å². The molecule has 5 rings (SSSR count). The van der Waals surface area contributed by atoms with E-state index in [4.69, 9.17) is 10.7 Å². The number of benzene rings is 3. The highest BCUT2D eigenvalue weighted by molar-refractivity contribution is 7.94. The molecule has 1 amide bonds. The van der Waals surface area contributed by atoms with Crippen molar-refractivity contribution in [1.29, 1.82) is 5.41 Å². The molecular formula is C30H23N5O13S3. The molecule has 0 heterocycles. The number of fused-ring (bicyclic) bond motifs is 1. The Morgan fingerprint density at radius 2 is 1.53 bits per heavy atom. The van der Waals surface area contributed by atoms with E-state index < -0.39 is 79.8 Å². The van der Waals surface area contributed by atoms with Gasteiger partial charge in [-0.15, -0.1) is 4.33 Å². The summed E-state index contributed by atoms with van der Waals surface area (Å²) in [6.45, 7) is 1.10. The highest BCUT2D eigenvalue weighted by Crippen LogP contribution is 2.26. The quantitative estimate of drug-likeness (QED) is 0.0310. The summed E-state index contributed by atoms with van der Waals surface area (Å²) in [6.07, 6.45) is 0. The van der Waals surface area contributed by atoms with Crippen LogP contribution in [-0.4, -0.2) is 48.9 Å². The summed E-state index contributed by atoms with van der Waals surface area (Å²) in [7, 11) is -10.3. The topological polar surface area (TPSA) is 288 Å². The third kappa shape index (κ3) is 7.91. The Kier molecular flexibility index (Phi) is 10.6. The number of anilines is 2. The third-order valence-corrected chi connectivity index (χ3v) is 9.54. The molecule has 1 unspecified atom stereocenters. The lowest BCUT2D eigenvalue weighted by molar-refractivity contribution is -0.432. The molecule has 51 heavy (non-hydrogen) atoms. The first-order chi connectivity index (χ1) is 24.0. The summed E-state index contributed by atoms with van der Waals surface area (Å²) < 4.78 is 73.6. The highest BCUT2D eigenvalue weighted by atomic mass is 32.2. The molecule has 0 radical (unpaired) electrons. The lowest BCUT2D eigenvalue weighted by atomic mass is 10.0. The fourth-order valence-corrected chi connectivity index (χ4v) is 6.64. The molecule has 0 saturated carbocycles. The smallest absolute Gasteiger partial charge is 0.296 e. The van der Waals surface area contributed by atoms with E-state index >= 15 is 0 Å². The minimum absolute atomic E-state index is 0.172. The molecule has 2 aliphatic carbocycles. The summed E-state index contributed by atoms with van der Waals surface area (Å²) in [4.78, 5) is 54.8. The van der Waals surface area contributed by atoms with Crippen LogP contribution in [-0.2, 0) is 39.2 Å². The number of hydrogen-bond acceptors (Lipinski definition) is 16. The van der Waals surface area contributed by atoms with Crippen molar-refractivity contribution < 1.29 is 50.2 Å². The first kappa shape index (κ1) is 37.0. The summed E-state index contributed by atoms with van der Waals surface area (Å²) >= 11 is 0.467. The summed E-state index contributed by atoms with van der Waals surface area (Å²) in [5.74, 6) is -1.48. The fourth-order valence-electron chi connectivity index (χ4n) is 4.95. The number of amides is 1. The van der Waals surface area contributed by atoms with Gasteiger partial charge in [-0.1, -0.05) is 23.2 Å². The molecule has 0 aliphatic heterocycles. The molecular weight excluding hydrogens is 735 g/mol. The number of ketones is 1. The molecule has 2 aliphatic rings. The zero-order valence-corrected chi connectivity index (χ0v) is 28.1. The predicted molar refractivity (Wildman–Crippen MR) is 178 cm³/mol. The van der Waals surface area contributed by atoms with E-state index in [1.807, 2.05) is 0 Å². The van der Waals surface area contributed by atoms with Crippen molar-refractivity contribution in [2.24, 2.45) is 4.99 Å². The van der Waals surface area contributed by atoms with E-state index in [0.29, 0.717) is 23.8 Å².